The van der Waals surface area contributed by atoms with Gasteiger partial charge in [0.1, 0.15) is 11.5 Å². The molecular weight excluding hydrogens is 304 g/mol. The minimum atomic E-state index is -3.80. The van der Waals surface area contributed by atoms with Crippen molar-refractivity contribution in [3.8, 4) is 5.75 Å². The molecule has 2 aromatic rings. The first-order valence-corrected chi connectivity index (χ1v) is 6.43. The van der Waals surface area contributed by atoms with Crippen LogP contribution in [0.15, 0.2) is 47.1 Å². The van der Waals surface area contributed by atoms with E-state index < -0.39 is 11.5 Å². The minimum absolute atomic E-state index is 0.154. The third-order valence-electron chi connectivity index (χ3n) is 2.70. The van der Waals surface area contributed by atoms with Gasteiger partial charge in [0, 0.05) is 23.4 Å². The molecule has 0 aliphatic carbocycles. The summed E-state index contributed by atoms with van der Waals surface area (Å²) in [7, 11) is 0. The monoisotopic (exact) mass is 315 g/mol. The SMILES string of the molecule is CC(C(=O)Nc1cccc(OC(F)(F)Cl)c1)c1ccco1. The zero-order valence-electron chi connectivity index (χ0n) is 11.0. The van der Waals surface area contributed by atoms with Crippen LogP contribution < -0.4 is 10.1 Å². The molecule has 1 amide bonds. The van der Waals surface area contributed by atoms with Crippen molar-refractivity contribution in [1.29, 1.82) is 0 Å². The van der Waals surface area contributed by atoms with Crippen molar-refractivity contribution >= 4 is 23.2 Å². The molecule has 1 atom stereocenters. The average molecular weight is 316 g/mol. The van der Waals surface area contributed by atoms with E-state index in [4.69, 9.17) is 4.42 Å². The van der Waals surface area contributed by atoms with Gasteiger partial charge in [-0.1, -0.05) is 6.07 Å². The Kier molecular flexibility index (Phi) is 4.47. The number of hydrogen-bond acceptors (Lipinski definition) is 3. The van der Waals surface area contributed by atoms with Gasteiger partial charge in [0.15, 0.2) is 0 Å². The number of hydrogen-bond donors (Lipinski definition) is 1. The van der Waals surface area contributed by atoms with Gasteiger partial charge < -0.3 is 14.5 Å². The summed E-state index contributed by atoms with van der Waals surface area (Å²) >= 11 is 4.69. The van der Waals surface area contributed by atoms with Crippen molar-refractivity contribution < 1.29 is 22.7 Å². The summed E-state index contributed by atoms with van der Waals surface area (Å²) in [5.74, 6) is -0.496. The summed E-state index contributed by atoms with van der Waals surface area (Å²) in [6.07, 6.45) is 1.47. The topological polar surface area (TPSA) is 51.5 Å². The molecule has 0 spiro atoms. The van der Waals surface area contributed by atoms with Crippen LogP contribution in [0.5, 0.6) is 5.75 Å². The zero-order chi connectivity index (χ0) is 15.5. The van der Waals surface area contributed by atoms with Crippen molar-refractivity contribution in [2.45, 2.75) is 18.4 Å². The normalized spacial score (nSPS) is 12.8. The van der Waals surface area contributed by atoms with E-state index in [1.165, 1.54) is 24.5 Å². The first-order valence-electron chi connectivity index (χ1n) is 6.05. The summed E-state index contributed by atoms with van der Waals surface area (Å²) < 4.78 is 34.5. The van der Waals surface area contributed by atoms with E-state index in [1.807, 2.05) is 0 Å². The first kappa shape index (κ1) is 15.3. The maximum absolute atomic E-state index is 12.6. The number of carbonyl (C=O) groups is 1. The number of carbonyl (C=O) groups excluding carboxylic acids is 1. The van der Waals surface area contributed by atoms with E-state index in [1.54, 1.807) is 25.1 Å². The van der Waals surface area contributed by atoms with E-state index >= 15 is 0 Å². The van der Waals surface area contributed by atoms with Gasteiger partial charge in [0.2, 0.25) is 5.91 Å². The van der Waals surface area contributed by atoms with Crippen LogP contribution in [0, 0.1) is 0 Å². The van der Waals surface area contributed by atoms with Crippen LogP contribution in [0.25, 0.3) is 0 Å². The molecule has 1 aromatic carbocycles. The van der Waals surface area contributed by atoms with Crippen LogP contribution in [-0.2, 0) is 4.79 Å². The standard InChI is InChI=1S/C14H12ClF2NO3/c1-9(12-6-3-7-20-12)13(19)18-10-4-2-5-11(8-10)21-14(15,16)17/h2-9H,1H3,(H,18,19). The third-order valence-corrected chi connectivity index (χ3v) is 2.78. The van der Waals surface area contributed by atoms with Crippen LogP contribution in [-0.4, -0.2) is 11.5 Å². The highest BCUT2D eigenvalue weighted by Gasteiger charge is 2.27. The molecule has 2 rings (SSSR count). The van der Waals surface area contributed by atoms with E-state index in [9.17, 15) is 13.6 Å². The Bertz CT molecular complexity index is 611. The average Bonchev–Trinajstić information content (AvgIpc) is 2.89. The molecule has 1 heterocycles. The van der Waals surface area contributed by atoms with Crippen molar-refractivity contribution in [2.75, 3.05) is 5.32 Å². The lowest BCUT2D eigenvalue weighted by molar-refractivity contribution is -0.117. The molecule has 0 bridgehead atoms. The largest absolute Gasteiger partial charge is 0.487 e. The van der Waals surface area contributed by atoms with Gasteiger partial charge in [0.25, 0.3) is 0 Å². The fourth-order valence-corrected chi connectivity index (χ4v) is 1.78. The summed E-state index contributed by atoms with van der Waals surface area (Å²) in [5, 5.41) is 2.59. The summed E-state index contributed by atoms with van der Waals surface area (Å²) in [6.45, 7) is 1.67. The highest BCUT2D eigenvalue weighted by atomic mass is 35.5. The number of alkyl halides is 3. The lowest BCUT2D eigenvalue weighted by atomic mass is 10.1. The van der Waals surface area contributed by atoms with Crippen LogP contribution >= 0.6 is 11.6 Å². The molecule has 0 saturated heterocycles. The third kappa shape index (κ3) is 4.46. The smallest absolute Gasteiger partial charge is 0.469 e. The predicted octanol–water partition coefficient (Wildman–Crippen LogP) is 4.19. The second kappa shape index (κ2) is 6.13. The number of ether oxygens (including phenoxy) is 1. The Labute approximate surface area is 124 Å². The number of benzene rings is 1. The Balaban J connectivity index is 2.06. The predicted molar refractivity (Wildman–Crippen MR) is 73.6 cm³/mol. The van der Waals surface area contributed by atoms with Gasteiger partial charge in [-0.3, -0.25) is 4.79 Å². The summed E-state index contributed by atoms with van der Waals surface area (Å²) in [5.41, 5.74) is -3.48. The van der Waals surface area contributed by atoms with Crippen molar-refractivity contribution in [3.63, 3.8) is 0 Å². The van der Waals surface area contributed by atoms with Crippen LogP contribution in [0.4, 0.5) is 14.5 Å². The van der Waals surface area contributed by atoms with E-state index in [-0.39, 0.29) is 11.7 Å². The molecule has 1 aromatic heterocycles. The molecule has 0 aliphatic rings. The van der Waals surface area contributed by atoms with Crippen molar-refractivity contribution in [1.82, 2.24) is 0 Å². The van der Waals surface area contributed by atoms with Crippen molar-refractivity contribution in [2.24, 2.45) is 0 Å². The number of rotatable bonds is 5. The zero-order valence-corrected chi connectivity index (χ0v) is 11.7. The lowest BCUT2D eigenvalue weighted by Gasteiger charge is -2.13. The number of furan rings is 1. The molecule has 4 nitrogen and oxygen atoms in total. The quantitative estimate of drug-likeness (QED) is 0.842. The minimum Gasteiger partial charge on any atom is -0.469 e. The van der Waals surface area contributed by atoms with Crippen LogP contribution in [0.2, 0.25) is 0 Å². The number of anilines is 1. The highest BCUT2D eigenvalue weighted by Crippen LogP contribution is 2.27. The van der Waals surface area contributed by atoms with Crippen molar-refractivity contribution in [3.05, 3.63) is 48.4 Å². The summed E-state index contributed by atoms with van der Waals surface area (Å²) in [4.78, 5) is 12.0. The molecule has 0 fully saturated rings. The van der Waals surface area contributed by atoms with E-state index in [2.05, 4.69) is 21.7 Å². The first-order chi connectivity index (χ1) is 9.85. The second-order valence-electron chi connectivity index (χ2n) is 4.30. The Morgan fingerprint density at radius 3 is 2.76 bits per heavy atom. The van der Waals surface area contributed by atoms with Gasteiger partial charge in [-0.05, 0) is 31.2 Å². The maximum Gasteiger partial charge on any atom is 0.487 e. The van der Waals surface area contributed by atoms with Crippen LogP contribution in [0.3, 0.4) is 0 Å². The van der Waals surface area contributed by atoms with E-state index in [0.29, 0.717) is 11.4 Å². The van der Waals surface area contributed by atoms with Gasteiger partial charge in [-0.25, -0.2) is 0 Å². The molecule has 1 N–H and O–H groups in total. The fraction of sp³-hybridized carbons (Fsp3) is 0.214. The van der Waals surface area contributed by atoms with Gasteiger partial charge in [-0.2, -0.15) is 0 Å². The molecule has 7 heteroatoms. The molecular formula is C14H12ClF2NO3. The summed E-state index contributed by atoms with van der Waals surface area (Å²) in [6, 6.07) is 8.93. The number of amides is 1. The second-order valence-corrected chi connectivity index (χ2v) is 4.74. The maximum atomic E-state index is 12.6. The van der Waals surface area contributed by atoms with Gasteiger partial charge in [-0.15, -0.1) is 8.78 Å². The molecule has 0 aliphatic heterocycles. The molecule has 112 valence electrons. The Hall–Kier alpha value is -2.08. The molecule has 1 unspecified atom stereocenters. The molecule has 21 heavy (non-hydrogen) atoms. The molecule has 0 saturated carbocycles. The van der Waals surface area contributed by atoms with Crippen LogP contribution in [0.1, 0.15) is 18.6 Å². The molecule has 0 radical (unpaired) electrons. The lowest BCUT2D eigenvalue weighted by Crippen LogP contribution is -2.19. The Morgan fingerprint density at radius 2 is 2.14 bits per heavy atom. The number of halogens is 3. The fourth-order valence-electron chi connectivity index (χ4n) is 1.69. The van der Waals surface area contributed by atoms with Gasteiger partial charge >= 0.3 is 5.57 Å². The Morgan fingerprint density at radius 1 is 1.38 bits per heavy atom. The van der Waals surface area contributed by atoms with E-state index in [0.717, 1.165) is 0 Å². The number of nitrogens with one attached hydrogen (secondary N) is 1. The highest BCUT2D eigenvalue weighted by molar-refractivity contribution is 6.20. The van der Waals surface area contributed by atoms with Gasteiger partial charge in [0.05, 0.1) is 12.2 Å².